The van der Waals surface area contributed by atoms with Gasteiger partial charge in [0.05, 0.1) is 6.61 Å². The van der Waals surface area contributed by atoms with Crippen molar-refractivity contribution in [2.45, 2.75) is 25.7 Å². The van der Waals surface area contributed by atoms with E-state index in [0.29, 0.717) is 6.61 Å². The van der Waals surface area contributed by atoms with E-state index in [1.165, 1.54) is 16.8 Å². The van der Waals surface area contributed by atoms with Gasteiger partial charge in [-0.25, -0.2) is 0 Å². The minimum Gasteiger partial charge on any atom is -0.493 e. The Morgan fingerprint density at radius 2 is 2.32 bits per heavy atom. The van der Waals surface area contributed by atoms with E-state index in [-0.39, 0.29) is 12.3 Å². The van der Waals surface area contributed by atoms with Crippen LogP contribution in [0.1, 0.15) is 24.0 Å². The van der Waals surface area contributed by atoms with Crippen molar-refractivity contribution in [3.05, 3.63) is 23.3 Å². The van der Waals surface area contributed by atoms with Crippen LogP contribution >= 0.6 is 0 Å². The van der Waals surface area contributed by atoms with Gasteiger partial charge in [0.1, 0.15) is 5.75 Å². The molecule has 0 aliphatic carbocycles. The lowest BCUT2D eigenvalue weighted by Gasteiger charge is -2.16. The Morgan fingerprint density at radius 1 is 1.47 bits per heavy atom. The second kappa shape index (κ2) is 4.76. The molecule has 0 bridgehead atoms. The molecule has 1 unspecified atom stereocenters. The zero-order chi connectivity index (χ0) is 13.4. The first kappa shape index (κ1) is 12.3. The highest BCUT2D eigenvalue weighted by molar-refractivity contribution is 5.68. The molecule has 0 radical (unpaired) electrons. The van der Waals surface area contributed by atoms with Gasteiger partial charge in [-0.05, 0) is 48.4 Å². The second-order valence-corrected chi connectivity index (χ2v) is 5.52. The summed E-state index contributed by atoms with van der Waals surface area (Å²) in [7, 11) is 2.10. The Bertz CT molecular complexity index is 512. The van der Waals surface area contributed by atoms with E-state index in [9.17, 15) is 4.79 Å². The summed E-state index contributed by atoms with van der Waals surface area (Å²) >= 11 is 0. The number of aliphatic carboxylic acids is 1. The van der Waals surface area contributed by atoms with Crippen LogP contribution in [-0.4, -0.2) is 31.3 Å². The molecule has 3 rings (SSSR count). The van der Waals surface area contributed by atoms with Crippen molar-refractivity contribution < 1.29 is 14.6 Å². The number of fused-ring (bicyclic) bond motifs is 3. The Labute approximate surface area is 113 Å². The predicted octanol–water partition coefficient (Wildman–Crippen LogP) is 2.09. The maximum absolute atomic E-state index is 10.9. The lowest BCUT2D eigenvalue weighted by atomic mass is 9.90. The zero-order valence-corrected chi connectivity index (χ0v) is 11.2. The number of carbonyl (C=O) groups is 1. The first-order valence-electron chi connectivity index (χ1n) is 6.85. The van der Waals surface area contributed by atoms with Crippen molar-refractivity contribution in [2.24, 2.45) is 5.92 Å². The third-order valence-corrected chi connectivity index (χ3v) is 4.21. The summed E-state index contributed by atoms with van der Waals surface area (Å²) in [5.74, 6) is 0.441. The van der Waals surface area contributed by atoms with Crippen LogP contribution in [-0.2, 0) is 17.6 Å². The van der Waals surface area contributed by atoms with Crippen molar-refractivity contribution in [2.75, 3.05) is 25.1 Å². The van der Waals surface area contributed by atoms with Gasteiger partial charge in [0.25, 0.3) is 0 Å². The standard InChI is InChI=1S/C15H19NO3/c1-16-6-4-11-12-8-10(9-15(17)18)5-7-19-14(12)3-2-13(11)16/h2-3,10H,4-9H2,1H3,(H,17,18). The highest BCUT2D eigenvalue weighted by atomic mass is 16.5. The average molecular weight is 261 g/mol. The number of rotatable bonds is 2. The molecule has 0 spiro atoms. The van der Waals surface area contributed by atoms with Crippen molar-refractivity contribution in [1.82, 2.24) is 0 Å². The lowest BCUT2D eigenvalue weighted by molar-refractivity contribution is -0.138. The number of carboxylic acids is 1. The molecule has 1 aromatic rings. The normalized spacial score (nSPS) is 21.3. The first-order valence-corrected chi connectivity index (χ1v) is 6.85. The molecular weight excluding hydrogens is 242 g/mol. The summed E-state index contributed by atoms with van der Waals surface area (Å²) in [5.41, 5.74) is 3.88. The topological polar surface area (TPSA) is 49.8 Å². The van der Waals surface area contributed by atoms with Crippen LogP contribution in [0.3, 0.4) is 0 Å². The number of hydrogen-bond acceptors (Lipinski definition) is 3. The van der Waals surface area contributed by atoms with Crippen molar-refractivity contribution in [1.29, 1.82) is 0 Å². The molecule has 102 valence electrons. The quantitative estimate of drug-likeness (QED) is 0.885. The second-order valence-electron chi connectivity index (χ2n) is 5.52. The Balaban J connectivity index is 1.95. The number of benzene rings is 1. The summed E-state index contributed by atoms with van der Waals surface area (Å²) in [6.45, 7) is 1.66. The van der Waals surface area contributed by atoms with Crippen molar-refractivity contribution in [3.8, 4) is 5.75 Å². The van der Waals surface area contributed by atoms with Crippen molar-refractivity contribution >= 4 is 11.7 Å². The Kier molecular flexibility index (Phi) is 3.09. The van der Waals surface area contributed by atoms with E-state index in [1.54, 1.807) is 0 Å². The Hall–Kier alpha value is -1.71. The van der Waals surface area contributed by atoms with E-state index in [4.69, 9.17) is 9.84 Å². The molecule has 0 aromatic heterocycles. The van der Waals surface area contributed by atoms with E-state index < -0.39 is 5.97 Å². The van der Waals surface area contributed by atoms with Gasteiger partial charge in [-0.3, -0.25) is 4.79 Å². The van der Waals surface area contributed by atoms with Crippen LogP contribution in [0.4, 0.5) is 5.69 Å². The van der Waals surface area contributed by atoms with Gasteiger partial charge >= 0.3 is 5.97 Å². The third-order valence-electron chi connectivity index (χ3n) is 4.21. The maximum Gasteiger partial charge on any atom is 0.303 e. The van der Waals surface area contributed by atoms with Gasteiger partial charge in [0.2, 0.25) is 0 Å². The van der Waals surface area contributed by atoms with Crippen LogP contribution in [0, 0.1) is 5.92 Å². The summed E-state index contributed by atoms with van der Waals surface area (Å²) in [6, 6.07) is 4.16. The molecule has 4 heteroatoms. The van der Waals surface area contributed by atoms with Gasteiger partial charge in [-0.1, -0.05) is 0 Å². The van der Waals surface area contributed by atoms with Crippen LogP contribution in [0.2, 0.25) is 0 Å². The Morgan fingerprint density at radius 3 is 3.11 bits per heavy atom. The van der Waals surface area contributed by atoms with Crippen LogP contribution in [0.25, 0.3) is 0 Å². The monoisotopic (exact) mass is 261 g/mol. The van der Waals surface area contributed by atoms with E-state index >= 15 is 0 Å². The van der Waals surface area contributed by atoms with E-state index in [1.807, 2.05) is 6.07 Å². The minimum atomic E-state index is -0.710. The molecule has 2 aliphatic heterocycles. The fourth-order valence-corrected chi connectivity index (χ4v) is 3.20. The largest absolute Gasteiger partial charge is 0.493 e. The fourth-order valence-electron chi connectivity index (χ4n) is 3.20. The number of carboxylic acid groups (broad SMARTS) is 1. The van der Waals surface area contributed by atoms with Crippen LogP contribution in [0.15, 0.2) is 12.1 Å². The van der Waals surface area contributed by atoms with Gasteiger partial charge in [0.15, 0.2) is 0 Å². The molecule has 2 aliphatic rings. The molecule has 4 nitrogen and oxygen atoms in total. The summed E-state index contributed by atoms with van der Waals surface area (Å²) in [4.78, 5) is 13.2. The van der Waals surface area contributed by atoms with Crippen molar-refractivity contribution in [3.63, 3.8) is 0 Å². The smallest absolute Gasteiger partial charge is 0.303 e. The predicted molar refractivity (Wildman–Crippen MR) is 73.0 cm³/mol. The summed E-state index contributed by atoms with van der Waals surface area (Å²) in [6.07, 6.45) is 2.94. The number of hydrogen-bond donors (Lipinski definition) is 1. The minimum absolute atomic E-state index is 0.191. The number of ether oxygens (including phenoxy) is 1. The van der Waals surface area contributed by atoms with Gasteiger partial charge in [-0.15, -0.1) is 0 Å². The molecule has 1 aromatic carbocycles. The van der Waals surface area contributed by atoms with Crippen LogP contribution < -0.4 is 9.64 Å². The fraction of sp³-hybridized carbons (Fsp3) is 0.533. The van der Waals surface area contributed by atoms with E-state index in [0.717, 1.165) is 31.6 Å². The third kappa shape index (κ3) is 2.27. The molecule has 0 saturated carbocycles. The lowest BCUT2D eigenvalue weighted by Crippen LogP contribution is -2.12. The SMILES string of the molecule is CN1CCc2c1ccc1c2CC(CC(=O)O)CCO1. The molecular formula is C15H19NO3. The highest BCUT2D eigenvalue weighted by Crippen LogP contribution is 2.38. The number of likely N-dealkylation sites (N-methyl/N-ethyl adjacent to an activating group) is 1. The van der Waals surface area contributed by atoms with Gasteiger partial charge in [-0.2, -0.15) is 0 Å². The van der Waals surface area contributed by atoms with Gasteiger partial charge in [0, 0.05) is 25.7 Å². The molecule has 19 heavy (non-hydrogen) atoms. The summed E-state index contributed by atoms with van der Waals surface area (Å²) < 4.78 is 5.81. The van der Waals surface area contributed by atoms with Crippen LogP contribution in [0.5, 0.6) is 5.75 Å². The molecule has 1 N–H and O–H groups in total. The number of anilines is 1. The number of nitrogens with zero attached hydrogens (tertiary/aromatic N) is 1. The molecule has 0 saturated heterocycles. The average Bonchev–Trinajstić information content (AvgIpc) is 2.61. The van der Waals surface area contributed by atoms with E-state index in [2.05, 4.69) is 18.0 Å². The first-order chi connectivity index (χ1) is 9.15. The molecule has 0 amide bonds. The molecule has 0 fully saturated rings. The van der Waals surface area contributed by atoms with Gasteiger partial charge < -0.3 is 14.7 Å². The molecule has 1 atom stereocenters. The highest BCUT2D eigenvalue weighted by Gasteiger charge is 2.26. The zero-order valence-electron chi connectivity index (χ0n) is 11.2. The maximum atomic E-state index is 10.9. The molecule has 2 heterocycles. The summed E-state index contributed by atoms with van der Waals surface area (Å²) in [5, 5.41) is 8.99.